The summed E-state index contributed by atoms with van der Waals surface area (Å²) in [7, 11) is 0. The predicted octanol–water partition coefficient (Wildman–Crippen LogP) is 4.81. The van der Waals surface area contributed by atoms with Crippen molar-refractivity contribution in [1.29, 1.82) is 0 Å². The Morgan fingerprint density at radius 3 is 2.30 bits per heavy atom. The van der Waals surface area contributed by atoms with Gasteiger partial charge >= 0.3 is 6.61 Å². The molecule has 0 aromatic heterocycles. The van der Waals surface area contributed by atoms with E-state index >= 15 is 0 Å². The van der Waals surface area contributed by atoms with Crippen LogP contribution in [0, 0.1) is 0 Å². The van der Waals surface area contributed by atoms with E-state index in [1.54, 1.807) is 12.1 Å². The zero-order valence-electron chi connectivity index (χ0n) is 12.8. The standard InChI is InChI=1S/C18H19F2NO2/c1-2-6-16(13-7-4-3-5-8-13)17(22)21-14-9-11-15(12-10-14)23-18(19)20/h3-5,7-12,16,18H,2,6H2,1H3,(H,21,22). The van der Waals surface area contributed by atoms with Gasteiger partial charge in [0, 0.05) is 5.69 Å². The summed E-state index contributed by atoms with van der Waals surface area (Å²) < 4.78 is 28.5. The largest absolute Gasteiger partial charge is 0.435 e. The highest BCUT2D eigenvalue weighted by Crippen LogP contribution is 2.24. The normalized spacial score (nSPS) is 12.0. The Hall–Kier alpha value is -2.43. The molecule has 1 N–H and O–H groups in total. The summed E-state index contributed by atoms with van der Waals surface area (Å²) in [5, 5.41) is 2.82. The Labute approximate surface area is 134 Å². The average Bonchev–Trinajstić information content (AvgIpc) is 2.54. The van der Waals surface area contributed by atoms with Crippen LogP contribution in [0.5, 0.6) is 5.75 Å². The Balaban J connectivity index is 2.06. The molecule has 0 saturated carbocycles. The molecule has 3 nitrogen and oxygen atoms in total. The van der Waals surface area contributed by atoms with Crippen LogP contribution in [0.2, 0.25) is 0 Å². The van der Waals surface area contributed by atoms with Crippen molar-refractivity contribution in [2.24, 2.45) is 0 Å². The molecular formula is C18H19F2NO2. The third-order valence-corrected chi connectivity index (χ3v) is 3.44. The van der Waals surface area contributed by atoms with Gasteiger partial charge in [0.25, 0.3) is 0 Å². The molecule has 0 fully saturated rings. The highest BCUT2D eigenvalue weighted by molar-refractivity contribution is 5.95. The third kappa shape index (κ3) is 5.06. The van der Waals surface area contributed by atoms with E-state index in [0.29, 0.717) is 5.69 Å². The molecule has 2 rings (SSSR count). The Morgan fingerprint density at radius 2 is 1.74 bits per heavy atom. The number of carbonyl (C=O) groups is 1. The van der Waals surface area contributed by atoms with Crippen LogP contribution in [0.25, 0.3) is 0 Å². The third-order valence-electron chi connectivity index (χ3n) is 3.44. The van der Waals surface area contributed by atoms with Crippen molar-refractivity contribution in [1.82, 2.24) is 0 Å². The number of rotatable bonds is 7. The first-order chi connectivity index (χ1) is 11.1. The summed E-state index contributed by atoms with van der Waals surface area (Å²) >= 11 is 0. The highest BCUT2D eigenvalue weighted by Gasteiger charge is 2.19. The molecule has 0 bridgehead atoms. The van der Waals surface area contributed by atoms with E-state index in [4.69, 9.17) is 0 Å². The van der Waals surface area contributed by atoms with Gasteiger partial charge in [0.2, 0.25) is 5.91 Å². The second-order valence-electron chi connectivity index (χ2n) is 5.14. The molecule has 23 heavy (non-hydrogen) atoms. The lowest BCUT2D eigenvalue weighted by Crippen LogP contribution is -2.21. The molecule has 0 radical (unpaired) electrons. The van der Waals surface area contributed by atoms with Crippen molar-refractivity contribution in [3.05, 3.63) is 60.2 Å². The van der Waals surface area contributed by atoms with Crippen molar-refractivity contribution in [2.75, 3.05) is 5.32 Å². The maximum atomic E-state index is 12.5. The van der Waals surface area contributed by atoms with Gasteiger partial charge in [-0.15, -0.1) is 0 Å². The molecule has 0 aliphatic heterocycles. The Morgan fingerprint density at radius 1 is 1.09 bits per heavy atom. The van der Waals surface area contributed by atoms with Crippen LogP contribution >= 0.6 is 0 Å². The molecule has 0 aliphatic rings. The minimum Gasteiger partial charge on any atom is -0.435 e. The zero-order valence-corrected chi connectivity index (χ0v) is 12.8. The van der Waals surface area contributed by atoms with E-state index in [9.17, 15) is 13.6 Å². The lowest BCUT2D eigenvalue weighted by molar-refractivity contribution is -0.117. The molecular weight excluding hydrogens is 300 g/mol. The lowest BCUT2D eigenvalue weighted by atomic mass is 9.93. The van der Waals surface area contributed by atoms with Gasteiger partial charge < -0.3 is 10.1 Å². The number of benzene rings is 2. The molecule has 0 heterocycles. The SMILES string of the molecule is CCCC(C(=O)Nc1ccc(OC(F)F)cc1)c1ccccc1. The molecule has 2 aromatic carbocycles. The number of hydrogen-bond donors (Lipinski definition) is 1. The minimum atomic E-state index is -2.86. The molecule has 0 aliphatic carbocycles. The molecule has 0 saturated heterocycles. The lowest BCUT2D eigenvalue weighted by Gasteiger charge is -2.16. The van der Waals surface area contributed by atoms with Crippen LogP contribution in [0.1, 0.15) is 31.2 Å². The number of alkyl halides is 2. The van der Waals surface area contributed by atoms with Gasteiger partial charge in [0.1, 0.15) is 5.75 Å². The second kappa shape index (κ2) is 8.27. The number of anilines is 1. The van der Waals surface area contributed by atoms with E-state index in [1.165, 1.54) is 12.1 Å². The number of hydrogen-bond acceptors (Lipinski definition) is 2. The monoisotopic (exact) mass is 319 g/mol. The van der Waals surface area contributed by atoms with E-state index in [0.717, 1.165) is 18.4 Å². The fraction of sp³-hybridized carbons (Fsp3) is 0.278. The van der Waals surface area contributed by atoms with Crippen LogP contribution in [-0.2, 0) is 4.79 Å². The van der Waals surface area contributed by atoms with Crippen LogP contribution in [0.15, 0.2) is 54.6 Å². The smallest absolute Gasteiger partial charge is 0.387 e. The summed E-state index contributed by atoms with van der Waals surface area (Å²) in [5.74, 6) is -0.287. The number of nitrogens with one attached hydrogen (secondary N) is 1. The van der Waals surface area contributed by atoms with Crippen LogP contribution in [0.3, 0.4) is 0 Å². The predicted molar refractivity (Wildman–Crippen MR) is 85.8 cm³/mol. The summed E-state index contributed by atoms with van der Waals surface area (Å²) in [4.78, 5) is 12.5. The number of amides is 1. The molecule has 0 spiro atoms. The van der Waals surface area contributed by atoms with Gasteiger partial charge in [-0.25, -0.2) is 0 Å². The van der Waals surface area contributed by atoms with Gasteiger partial charge in [-0.05, 0) is 36.2 Å². The van der Waals surface area contributed by atoms with Crippen LogP contribution in [0.4, 0.5) is 14.5 Å². The molecule has 1 amide bonds. The first-order valence-corrected chi connectivity index (χ1v) is 7.51. The van der Waals surface area contributed by atoms with Crippen molar-refractivity contribution in [3.63, 3.8) is 0 Å². The van der Waals surface area contributed by atoms with Crippen LogP contribution in [-0.4, -0.2) is 12.5 Å². The molecule has 5 heteroatoms. The van der Waals surface area contributed by atoms with E-state index in [2.05, 4.69) is 10.1 Å². The molecule has 2 aromatic rings. The van der Waals surface area contributed by atoms with Gasteiger partial charge in [0.05, 0.1) is 5.92 Å². The number of halogens is 2. The van der Waals surface area contributed by atoms with Crippen molar-refractivity contribution in [2.45, 2.75) is 32.3 Å². The zero-order chi connectivity index (χ0) is 16.7. The summed E-state index contributed by atoms with van der Waals surface area (Å²) in [6.45, 7) is -0.831. The molecule has 1 atom stereocenters. The molecule has 122 valence electrons. The van der Waals surface area contributed by atoms with E-state index < -0.39 is 6.61 Å². The first kappa shape index (κ1) is 16.9. The Bertz CT molecular complexity index is 615. The van der Waals surface area contributed by atoms with E-state index in [-0.39, 0.29) is 17.6 Å². The maximum Gasteiger partial charge on any atom is 0.387 e. The quantitative estimate of drug-likeness (QED) is 0.795. The summed E-state index contributed by atoms with van der Waals surface area (Å²) in [6, 6.07) is 15.5. The van der Waals surface area contributed by atoms with Gasteiger partial charge in [-0.2, -0.15) is 8.78 Å². The highest BCUT2D eigenvalue weighted by atomic mass is 19.3. The summed E-state index contributed by atoms with van der Waals surface area (Å²) in [5.41, 5.74) is 1.51. The van der Waals surface area contributed by atoms with Gasteiger partial charge in [-0.1, -0.05) is 43.7 Å². The van der Waals surface area contributed by atoms with Crippen molar-refractivity contribution < 1.29 is 18.3 Å². The Kier molecular flexibility index (Phi) is 6.09. The van der Waals surface area contributed by atoms with Crippen LogP contribution < -0.4 is 10.1 Å². The first-order valence-electron chi connectivity index (χ1n) is 7.51. The molecule has 1 unspecified atom stereocenters. The topological polar surface area (TPSA) is 38.3 Å². The maximum absolute atomic E-state index is 12.5. The van der Waals surface area contributed by atoms with Crippen molar-refractivity contribution >= 4 is 11.6 Å². The number of ether oxygens (including phenoxy) is 1. The average molecular weight is 319 g/mol. The summed E-state index contributed by atoms with van der Waals surface area (Å²) in [6.07, 6.45) is 1.62. The minimum absolute atomic E-state index is 0.0613. The van der Waals surface area contributed by atoms with Gasteiger partial charge in [0.15, 0.2) is 0 Å². The second-order valence-corrected chi connectivity index (χ2v) is 5.14. The fourth-order valence-corrected chi connectivity index (χ4v) is 2.37. The van der Waals surface area contributed by atoms with E-state index in [1.807, 2.05) is 37.3 Å². The van der Waals surface area contributed by atoms with Gasteiger partial charge in [-0.3, -0.25) is 4.79 Å². The fourth-order valence-electron chi connectivity index (χ4n) is 2.37. The van der Waals surface area contributed by atoms with Crippen molar-refractivity contribution in [3.8, 4) is 5.75 Å². The number of carbonyl (C=O) groups excluding carboxylic acids is 1.